The summed E-state index contributed by atoms with van der Waals surface area (Å²) in [7, 11) is -3.95. The largest absolute Gasteiger partial charge is 0.337 e. The fourth-order valence-corrected chi connectivity index (χ4v) is 5.68. The minimum absolute atomic E-state index is 0.0150. The lowest BCUT2D eigenvalue weighted by Crippen LogP contribution is -2.43. The van der Waals surface area contributed by atoms with Gasteiger partial charge in [-0.2, -0.15) is 0 Å². The Hall–Kier alpha value is -3.13. The predicted octanol–water partition coefficient (Wildman–Crippen LogP) is 4.32. The number of aromatic nitrogens is 1. The number of nitrogens with one attached hydrogen (secondary N) is 1. The fourth-order valence-electron chi connectivity index (χ4n) is 4.31. The lowest BCUT2D eigenvalue weighted by Gasteiger charge is -2.31. The third-order valence-corrected chi connectivity index (χ3v) is 7.63. The maximum Gasteiger partial charge on any atom is 0.242 e. The number of benzene rings is 2. The molecule has 7 nitrogen and oxygen atoms in total. The first-order chi connectivity index (χ1) is 15.9. The quantitative estimate of drug-likeness (QED) is 0.517. The van der Waals surface area contributed by atoms with Crippen LogP contribution in [-0.4, -0.2) is 47.5 Å². The molecule has 1 N–H and O–H groups in total. The lowest BCUT2D eigenvalue weighted by molar-refractivity contribution is -0.135. The zero-order valence-electron chi connectivity index (χ0n) is 20.6. The van der Waals surface area contributed by atoms with Crippen LogP contribution in [0, 0.1) is 13.8 Å². The fraction of sp³-hybridized carbons (Fsp3) is 0.385. The van der Waals surface area contributed by atoms with Gasteiger partial charge >= 0.3 is 0 Å². The zero-order chi connectivity index (χ0) is 25.2. The van der Waals surface area contributed by atoms with E-state index < -0.39 is 21.5 Å². The monoisotopic (exact) mass is 483 g/mol. The SMILES string of the molecule is Cc1cccc(NC(=O)CS(=O)(=O)c2cn(CC(=O)N(C(C)C)C(C)C)c3ccccc23)c1C. The van der Waals surface area contributed by atoms with Crippen LogP contribution in [0.3, 0.4) is 0 Å². The number of carbonyl (C=O) groups is 2. The predicted molar refractivity (Wildman–Crippen MR) is 136 cm³/mol. The molecule has 3 aromatic rings. The molecule has 0 spiro atoms. The summed E-state index contributed by atoms with van der Waals surface area (Å²) in [6.45, 7) is 11.6. The molecule has 0 aliphatic heterocycles. The van der Waals surface area contributed by atoms with Gasteiger partial charge < -0.3 is 14.8 Å². The molecule has 2 aromatic carbocycles. The van der Waals surface area contributed by atoms with Crippen LogP contribution in [0.1, 0.15) is 38.8 Å². The molecule has 0 unspecified atom stereocenters. The molecule has 0 fully saturated rings. The van der Waals surface area contributed by atoms with Crippen molar-refractivity contribution in [3.05, 3.63) is 59.8 Å². The summed E-state index contributed by atoms with van der Waals surface area (Å²) in [5, 5.41) is 3.21. The number of para-hydroxylation sites is 1. The van der Waals surface area contributed by atoms with E-state index in [-0.39, 0.29) is 29.4 Å². The van der Waals surface area contributed by atoms with Gasteiger partial charge in [0.2, 0.25) is 11.8 Å². The summed E-state index contributed by atoms with van der Waals surface area (Å²) < 4.78 is 28.2. The molecule has 0 saturated carbocycles. The molecule has 0 radical (unpaired) electrons. The standard InChI is InChI=1S/C26H33N3O4S/c1-17(2)29(18(3)4)26(31)15-28-14-24(21-11-7-8-13-23(21)28)34(32,33)16-25(30)27-22-12-9-10-19(5)20(22)6/h7-14,17-18H,15-16H2,1-6H3,(H,27,30). The van der Waals surface area contributed by atoms with Crippen molar-refractivity contribution in [2.75, 3.05) is 11.1 Å². The number of nitrogens with zero attached hydrogens (tertiary/aromatic N) is 2. The number of sulfone groups is 1. The maximum atomic E-state index is 13.3. The molecule has 182 valence electrons. The molecule has 8 heteroatoms. The van der Waals surface area contributed by atoms with Gasteiger partial charge in [-0.3, -0.25) is 9.59 Å². The van der Waals surface area contributed by atoms with Crippen molar-refractivity contribution in [2.24, 2.45) is 0 Å². The number of aryl methyl sites for hydroxylation is 1. The van der Waals surface area contributed by atoms with E-state index in [0.29, 0.717) is 16.6 Å². The van der Waals surface area contributed by atoms with E-state index >= 15 is 0 Å². The second-order valence-electron chi connectivity index (χ2n) is 9.18. The molecular formula is C26H33N3O4S. The Morgan fingerprint density at radius 3 is 2.26 bits per heavy atom. The van der Waals surface area contributed by atoms with E-state index in [1.54, 1.807) is 39.8 Å². The average molecular weight is 484 g/mol. The Kier molecular flexibility index (Phi) is 7.51. The Morgan fingerprint density at radius 2 is 1.62 bits per heavy atom. The third kappa shape index (κ3) is 5.33. The molecule has 1 heterocycles. The number of hydrogen-bond donors (Lipinski definition) is 1. The molecule has 0 aliphatic rings. The van der Waals surface area contributed by atoms with Crippen LogP contribution in [0.5, 0.6) is 0 Å². The molecule has 34 heavy (non-hydrogen) atoms. The van der Waals surface area contributed by atoms with Crippen LogP contribution in [-0.2, 0) is 26.0 Å². The number of hydrogen-bond acceptors (Lipinski definition) is 4. The third-order valence-electron chi connectivity index (χ3n) is 5.99. The molecule has 0 bridgehead atoms. The average Bonchev–Trinajstić information content (AvgIpc) is 3.10. The smallest absolute Gasteiger partial charge is 0.242 e. The Labute approximate surface area is 201 Å². The van der Waals surface area contributed by atoms with Crippen molar-refractivity contribution in [3.8, 4) is 0 Å². The zero-order valence-corrected chi connectivity index (χ0v) is 21.4. The molecule has 0 aliphatic carbocycles. The molecule has 1 aromatic heterocycles. The van der Waals surface area contributed by atoms with E-state index in [1.807, 2.05) is 53.7 Å². The molecular weight excluding hydrogens is 450 g/mol. The van der Waals surface area contributed by atoms with Crippen molar-refractivity contribution < 1.29 is 18.0 Å². The van der Waals surface area contributed by atoms with Crippen LogP contribution in [0.25, 0.3) is 10.9 Å². The van der Waals surface area contributed by atoms with Gasteiger partial charge in [0.25, 0.3) is 0 Å². The number of fused-ring (bicyclic) bond motifs is 1. The Bertz CT molecular complexity index is 1320. The van der Waals surface area contributed by atoms with Crippen molar-refractivity contribution in [2.45, 2.75) is 65.1 Å². The van der Waals surface area contributed by atoms with Gasteiger partial charge in [-0.15, -0.1) is 0 Å². The van der Waals surface area contributed by atoms with Crippen LogP contribution in [0.2, 0.25) is 0 Å². The van der Waals surface area contributed by atoms with Gasteiger partial charge in [-0.1, -0.05) is 30.3 Å². The highest BCUT2D eigenvalue weighted by Crippen LogP contribution is 2.27. The summed E-state index contributed by atoms with van der Waals surface area (Å²) in [5.41, 5.74) is 3.13. The number of amides is 2. The first kappa shape index (κ1) is 25.5. The van der Waals surface area contributed by atoms with E-state index in [1.165, 1.54) is 6.20 Å². The van der Waals surface area contributed by atoms with Crippen LogP contribution < -0.4 is 5.32 Å². The number of anilines is 1. The molecule has 0 saturated heterocycles. The normalized spacial score (nSPS) is 11.9. The first-order valence-electron chi connectivity index (χ1n) is 11.4. The Morgan fingerprint density at radius 1 is 0.971 bits per heavy atom. The highest BCUT2D eigenvalue weighted by molar-refractivity contribution is 7.92. The number of carbonyl (C=O) groups excluding carboxylic acids is 2. The summed E-state index contributed by atoms with van der Waals surface area (Å²) in [4.78, 5) is 27.5. The van der Waals surface area contributed by atoms with Crippen molar-refractivity contribution in [1.82, 2.24) is 9.47 Å². The van der Waals surface area contributed by atoms with Gasteiger partial charge in [0, 0.05) is 34.9 Å². The van der Waals surface area contributed by atoms with Gasteiger partial charge in [-0.05, 0) is 64.8 Å². The molecule has 2 amide bonds. The summed E-state index contributed by atoms with van der Waals surface area (Å²) in [6.07, 6.45) is 1.47. The van der Waals surface area contributed by atoms with Gasteiger partial charge in [0.15, 0.2) is 9.84 Å². The van der Waals surface area contributed by atoms with Gasteiger partial charge in [-0.25, -0.2) is 8.42 Å². The summed E-state index contributed by atoms with van der Waals surface area (Å²) in [6, 6.07) is 12.6. The minimum atomic E-state index is -3.95. The van der Waals surface area contributed by atoms with Gasteiger partial charge in [0.05, 0.1) is 4.90 Å². The lowest BCUT2D eigenvalue weighted by atomic mass is 10.1. The van der Waals surface area contributed by atoms with Crippen molar-refractivity contribution >= 4 is 38.2 Å². The Balaban J connectivity index is 1.91. The van der Waals surface area contributed by atoms with E-state index in [0.717, 1.165) is 11.1 Å². The minimum Gasteiger partial charge on any atom is -0.337 e. The molecule has 0 atom stereocenters. The van der Waals surface area contributed by atoms with Crippen LogP contribution >= 0.6 is 0 Å². The highest BCUT2D eigenvalue weighted by Gasteiger charge is 2.26. The number of rotatable bonds is 8. The first-order valence-corrected chi connectivity index (χ1v) is 13.1. The maximum absolute atomic E-state index is 13.3. The van der Waals surface area contributed by atoms with Gasteiger partial charge in [0.1, 0.15) is 12.3 Å². The topological polar surface area (TPSA) is 88.5 Å². The van der Waals surface area contributed by atoms with Crippen molar-refractivity contribution in [3.63, 3.8) is 0 Å². The second kappa shape index (κ2) is 10.0. The highest BCUT2D eigenvalue weighted by atomic mass is 32.2. The molecule has 3 rings (SSSR count). The second-order valence-corrected chi connectivity index (χ2v) is 11.1. The van der Waals surface area contributed by atoms with E-state index in [9.17, 15) is 18.0 Å². The van der Waals surface area contributed by atoms with Crippen LogP contribution in [0.4, 0.5) is 5.69 Å². The van der Waals surface area contributed by atoms with Crippen molar-refractivity contribution in [1.29, 1.82) is 0 Å². The van der Waals surface area contributed by atoms with E-state index in [4.69, 9.17) is 0 Å². The summed E-state index contributed by atoms with van der Waals surface area (Å²) >= 11 is 0. The van der Waals surface area contributed by atoms with E-state index in [2.05, 4.69) is 5.32 Å². The van der Waals surface area contributed by atoms with Crippen LogP contribution in [0.15, 0.2) is 53.6 Å². The summed E-state index contributed by atoms with van der Waals surface area (Å²) in [5.74, 6) is -1.39.